The van der Waals surface area contributed by atoms with Crippen molar-refractivity contribution in [3.8, 4) is 0 Å². The van der Waals surface area contributed by atoms with Crippen LogP contribution in [0.1, 0.15) is 19.8 Å². The fraction of sp³-hybridized carbons (Fsp3) is 0.938. The van der Waals surface area contributed by atoms with Gasteiger partial charge in [0.05, 0.1) is 25.2 Å². The monoisotopic (exact) mass is 385 g/mol. The minimum Gasteiger partial charge on any atom is -0.384 e. The van der Waals surface area contributed by atoms with Gasteiger partial charge in [0.2, 0.25) is 5.91 Å². The molecule has 0 aromatic carbocycles. The summed E-state index contributed by atoms with van der Waals surface area (Å²) < 4.78 is 10.7. The molecule has 0 aromatic rings. The van der Waals surface area contributed by atoms with Crippen molar-refractivity contribution in [2.75, 3.05) is 66.2 Å². The molecule has 2 heterocycles. The third-order valence-corrected chi connectivity index (χ3v) is 4.75. The molecule has 2 aliphatic rings. The molecule has 0 aliphatic carbocycles. The van der Waals surface area contributed by atoms with Crippen molar-refractivity contribution in [2.45, 2.75) is 19.8 Å². The van der Waals surface area contributed by atoms with Gasteiger partial charge in [0.1, 0.15) is 0 Å². The van der Waals surface area contributed by atoms with Gasteiger partial charge in [-0.1, -0.05) is 6.92 Å². The lowest BCUT2D eigenvalue weighted by atomic mass is 9.78. The minimum atomic E-state index is -0.349. The highest BCUT2D eigenvalue weighted by Crippen LogP contribution is 2.29. The number of carbonyl (C=O) groups excluding carboxylic acids is 1. The predicted molar refractivity (Wildman–Crippen MR) is 100 cm³/mol. The van der Waals surface area contributed by atoms with Crippen LogP contribution in [0.5, 0.6) is 0 Å². The molecule has 0 saturated carbocycles. The van der Waals surface area contributed by atoms with Crippen LogP contribution in [0.15, 0.2) is 0 Å². The van der Waals surface area contributed by atoms with Crippen LogP contribution in [0, 0.1) is 11.3 Å². The smallest absolute Gasteiger partial charge is 0.228 e. The van der Waals surface area contributed by atoms with Gasteiger partial charge in [0.15, 0.2) is 0 Å². The molecule has 1 unspecified atom stereocenters. The Kier molecular flexibility index (Phi) is 12.2. The molecule has 2 saturated heterocycles. The number of amides is 1. The van der Waals surface area contributed by atoms with E-state index in [9.17, 15) is 4.79 Å². The summed E-state index contributed by atoms with van der Waals surface area (Å²) in [5, 5.41) is 6.48. The zero-order chi connectivity index (χ0) is 15.8. The van der Waals surface area contributed by atoms with Gasteiger partial charge in [-0.25, -0.2) is 0 Å². The highest BCUT2D eigenvalue weighted by molar-refractivity contribution is 5.85. The van der Waals surface area contributed by atoms with E-state index in [1.807, 2.05) is 0 Å². The van der Waals surface area contributed by atoms with Crippen molar-refractivity contribution < 1.29 is 14.3 Å². The summed E-state index contributed by atoms with van der Waals surface area (Å²) in [5.74, 6) is 0.605. The number of halogens is 2. The molecule has 0 spiro atoms. The van der Waals surface area contributed by atoms with Crippen molar-refractivity contribution in [1.29, 1.82) is 0 Å². The number of hydrogen-bond acceptors (Lipinski definition) is 5. The van der Waals surface area contributed by atoms with Crippen molar-refractivity contribution in [3.63, 3.8) is 0 Å². The Morgan fingerprint density at radius 2 is 1.92 bits per heavy atom. The summed E-state index contributed by atoms with van der Waals surface area (Å²) in [4.78, 5) is 15.1. The highest BCUT2D eigenvalue weighted by Gasteiger charge is 2.39. The second kappa shape index (κ2) is 12.3. The molecular weight excluding hydrogens is 353 g/mol. The Morgan fingerprint density at radius 1 is 1.29 bits per heavy atom. The van der Waals surface area contributed by atoms with Gasteiger partial charge in [-0.15, -0.1) is 24.8 Å². The normalized spacial score (nSPS) is 21.9. The molecule has 0 radical (unpaired) electrons. The Labute approximate surface area is 158 Å². The summed E-state index contributed by atoms with van der Waals surface area (Å²) in [6.45, 7) is 9.87. The van der Waals surface area contributed by atoms with Gasteiger partial charge in [0, 0.05) is 33.3 Å². The van der Waals surface area contributed by atoms with Gasteiger partial charge in [0.25, 0.3) is 0 Å². The highest BCUT2D eigenvalue weighted by atomic mass is 35.5. The predicted octanol–water partition coefficient (Wildman–Crippen LogP) is 0.931. The number of methoxy groups -OCH3 is 1. The minimum absolute atomic E-state index is 0. The van der Waals surface area contributed by atoms with E-state index in [4.69, 9.17) is 9.47 Å². The van der Waals surface area contributed by atoms with E-state index >= 15 is 0 Å². The Morgan fingerprint density at radius 3 is 2.50 bits per heavy atom. The molecule has 2 aliphatic heterocycles. The molecule has 6 nitrogen and oxygen atoms in total. The van der Waals surface area contributed by atoms with E-state index in [0.29, 0.717) is 12.5 Å². The lowest BCUT2D eigenvalue weighted by Crippen LogP contribution is -2.51. The standard InChI is InChI=1S/C16H31N3O3.2ClH/c1-14(12-19-7-9-22-10-8-19)11-18-15(20)16(13-21-2)3-5-17-6-4-16;;/h14,17H,3-13H2,1-2H3,(H,18,20);2*1H. The molecule has 2 N–H and O–H groups in total. The molecule has 2 fully saturated rings. The van der Waals surface area contributed by atoms with Gasteiger partial charge < -0.3 is 20.1 Å². The molecule has 0 bridgehead atoms. The molecule has 1 amide bonds. The summed E-state index contributed by atoms with van der Waals surface area (Å²) >= 11 is 0. The van der Waals surface area contributed by atoms with E-state index in [-0.39, 0.29) is 36.1 Å². The van der Waals surface area contributed by atoms with Crippen LogP contribution in [0.3, 0.4) is 0 Å². The third kappa shape index (κ3) is 7.02. The quantitative estimate of drug-likeness (QED) is 0.682. The lowest BCUT2D eigenvalue weighted by Gasteiger charge is -2.36. The Bertz CT molecular complexity index is 344. The topological polar surface area (TPSA) is 62.8 Å². The summed E-state index contributed by atoms with van der Waals surface area (Å²) in [5.41, 5.74) is -0.349. The van der Waals surface area contributed by atoms with Crippen molar-refractivity contribution >= 4 is 30.7 Å². The molecule has 144 valence electrons. The molecule has 24 heavy (non-hydrogen) atoms. The van der Waals surface area contributed by atoms with Crippen LogP contribution in [-0.2, 0) is 14.3 Å². The number of piperidine rings is 1. The van der Waals surface area contributed by atoms with Gasteiger partial charge in [-0.05, 0) is 31.8 Å². The van der Waals surface area contributed by atoms with E-state index in [0.717, 1.165) is 65.3 Å². The Hall–Kier alpha value is -0.110. The number of ether oxygens (including phenoxy) is 2. The van der Waals surface area contributed by atoms with E-state index in [1.165, 1.54) is 0 Å². The number of carbonyl (C=O) groups is 1. The van der Waals surface area contributed by atoms with Crippen LogP contribution in [0.4, 0.5) is 0 Å². The van der Waals surface area contributed by atoms with Gasteiger partial charge >= 0.3 is 0 Å². The first-order valence-corrected chi connectivity index (χ1v) is 8.44. The summed E-state index contributed by atoms with van der Waals surface area (Å²) in [6.07, 6.45) is 1.70. The van der Waals surface area contributed by atoms with Crippen molar-refractivity contribution in [2.24, 2.45) is 11.3 Å². The van der Waals surface area contributed by atoms with Crippen LogP contribution in [0.25, 0.3) is 0 Å². The van der Waals surface area contributed by atoms with Gasteiger partial charge in [-0.3, -0.25) is 9.69 Å². The average molecular weight is 386 g/mol. The Balaban J connectivity index is 0.00000264. The molecular formula is C16H33Cl2N3O3. The van der Waals surface area contributed by atoms with Crippen LogP contribution in [0.2, 0.25) is 0 Å². The average Bonchev–Trinajstić information content (AvgIpc) is 2.54. The first-order valence-electron chi connectivity index (χ1n) is 8.44. The first-order chi connectivity index (χ1) is 10.7. The maximum absolute atomic E-state index is 12.7. The number of morpholine rings is 1. The maximum atomic E-state index is 12.7. The number of nitrogens with one attached hydrogen (secondary N) is 2. The second-order valence-corrected chi connectivity index (χ2v) is 6.69. The maximum Gasteiger partial charge on any atom is 0.228 e. The fourth-order valence-corrected chi connectivity index (χ4v) is 3.36. The largest absolute Gasteiger partial charge is 0.384 e. The zero-order valence-corrected chi connectivity index (χ0v) is 16.5. The molecule has 1 atom stereocenters. The fourth-order valence-electron chi connectivity index (χ4n) is 3.36. The summed E-state index contributed by atoms with van der Waals surface area (Å²) in [7, 11) is 1.68. The van der Waals surface area contributed by atoms with E-state index < -0.39 is 0 Å². The van der Waals surface area contributed by atoms with E-state index in [2.05, 4.69) is 22.5 Å². The number of hydrogen-bond donors (Lipinski definition) is 2. The third-order valence-electron chi connectivity index (χ3n) is 4.75. The van der Waals surface area contributed by atoms with Crippen LogP contribution < -0.4 is 10.6 Å². The SMILES string of the molecule is COCC1(C(=O)NCC(C)CN2CCOCC2)CCNCC1.Cl.Cl. The second-order valence-electron chi connectivity index (χ2n) is 6.69. The van der Waals surface area contributed by atoms with Crippen molar-refractivity contribution in [1.82, 2.24) is 15.5 Å². The number of rotatable bonds is 7. The van der Waals surface area contributed by atoms with Crippen molar-refractivity contribution in [3.05, 3.63) is 0 Å². The first kappa shape index (κ1) is 23.9. The lowest BCUT2D eigenvalue weighted by molar-refractivity contribution is -0.136. The van der Waals surface area contributed by atoms with Gasteiger partial charge in [-0.2, -0.15) is 0 Å². The molecule has 8 heteroatoms. The van der Waals surface area contributed by atoms with Crippen LogP contribution >= 0.6 is 24.8 Å². The zero-order valence-electron chi connectivity index (χ0n) is 14.8. The molecule has 0 aromatic heterocycles. The number of nitrogens with zero attached hydrogens (tertiary/aromatic N) is 1. The molecule has 2 rings (SSSR count). The van der Waals surface area contributed by atoms with E-state index in [1.54, 1.807) is 7.11 Å². The van der Waals surface area contributed by atoms with Crippen LogP contribution in [-0.4, -0.2) is 77.0 Å². The summed E-state index contributed by atoms with van der Waals surface area (Å²) in [6, 6.07) is 0.